The van der Waals surface area contributed by atoms with E-state index in [1.54, 1.807) is 12.3 Å². The molecule has 1 aliphatic rings. The Kier molecular flexibility index (Phi) is 3.87. The average Bonchev–Trinajstić information content (AvgIpc) is 2.63. The van der Waals surface area contributed by atoms with Crippen LogP contribution in [0, 0.1) is 5.82 Å². The van der Waals surface area contributed by atoms with Crippen molar-refractivity contribution < 1.29 is 9.13 Å². The van der Waals surface area contributed by atoms with E-state index < -0.39 is 0 Å². The number of rotatable bonds is 3. The molecule has 24 heavy (non-hydrogen) atoms. The number of nitrogens with zero attached hydrogens (tertiary/aromatic N) is 5. The number of nitrogens with one attached hydrogen (secondary N) is 1. The van der Waals surface area contributed by atoms with Crippen molar-refractivity contribution in [1.82, 2.24) is 19.9 Å². The van der Waals surface area contributed by atoms with E-state index in [1.165, 1.54) is 18.5 Å². The van der Waals surface area contributed by atoms with Gasteiger partial charge in [-0.05, 0) is 18.2 Å². The van der Waals surface area contributed by atoms with E-state index >= 15 is 0 Å². The Morgan fingerprint density at radius 3 is 2.83 bits per heavy atom. The van der Waals surface area contributed by atoms with Crippen molar-refractivity contribution >= 4 is 28.5 Å². The van der Waals surface area contributed by atoms with Gasteiger partial charge in [0.05, 0.1) is 18.7 Å². The van der Waals surface area contributed by atoms with Gasteiger partial charge in [0.2, 0.25) is 5.95 Å². The van der Waals surface area contributed by atoms with Crippen LogP contribution in [0.25, 0.3) is 10.9 Å². The van der Waals surface area contributed by atoms with E-state index in [9.17, 15) is 4.39 Å². The van der Waals surface area contributed by atoms with Crippen molar-refractivity contribution in [3.63, 3.8) is 0 Å². The van der Waals surface area contributed by atoms with Gasteiger partial charge in [0.1, 0.15) is 23.8 Å². The highest BCUT2D eigenvalue weighted by Gasteiger charge is 2.13. The van der Waals surface area contributed by atoms with Crippen LogP contribution in [0.1, 0.15) is 0 Å². The second kappa shape index (κ2) is 6.32. The molecule has 3 aromatic rings. The zero-order valence-electron chi connectivity index (χ0n) is 12.8. The van der Waals surface area contributed by atoms with Crippen molar-refractivity contribution in [2.24, 2.45) is 0 Å². The second-order valence-electron chi connectivity index (χ2n) is 5.35. The van der Waals surface area contributed by atoms with E-state index in [-0.39, 0.29) is 5.82 Å². The summed E-state index contributed by atoms with van der Waals surface area (Å²) in [4.78, 5) is 19.2. The highest BCUT2D eigenvalue weighted by atomic mass is 19.1. The maximum atomic E-state index is 13.3. The average molecular weight is 326 g/mol. The molecular formula is C16H15FN6O. The van der Waals surface area contributed by atoms with Crippen molar-refractivity contribution in [2.45, 2.75) is 0 Å². The van der Waals surface area contributed by atoms with Crippen LogP contribution >= 0.6 is 0 Å². The number of ether oxygens (including phenoxy) is 1. The molecule has 0 bridgehead atoms. The molecule has 1 saturated heterocycles. The Hall–Kier alpha value is -2.87. The Bertz CT molecular complexity index is 868. The summed E-state index contributed by atoms with van der Waals surface area (Å²) in [5.74, 6) is 1.47. The third-order valence-electron chi connectivity index (χ3n) is 3.80. The van der Waals surface area contributed by atoms with Gasteiger partial charge in [0.15, 0.2) is 0 Å². The number of aromatic nitrogens is 4. The third-order valence-corrected chi connectivity index (χ3v) is 3.80. The Balaban J connectivity index is 1.63. The molecule has 3 heterocycles. The summed E-state index contributed by atoms with van der Waals surface area (Å²) in [6.07, 6.45) is 3.08. The SMILES string of the molecule is Fc1ccc2c(Nc3nccc(N4CCOCC4)n3)ncnc2c1. The first-order chi connectivity index (χ1) is 11.8. The summed E-state index contributed by atoms with van der Waals surface area (Å²) in [5.41, 5.74) is 0.525. The molecule has 0 saturated carbocycles. The van der Waals surface area contributed by atoms with Crippen molar-refractivity contribution in [1.29, 1.82) is 0 Å². The van der Waals surface area contributed by atoms with Crippen LogP contribution in [0.4, 0.5) is 22.0 Å². The fraction of sp³-hybridized carbons (Fsp3) is 0.250. The minimum atomic E-state index is -0.335. The standard InChI is InChI=1S/C16H15FN6O/c17-11-1-2-12-13(9-11)19-10-20-15(12)22-16-18-4-3-14(21-16)23-5-7-24-8-6-23/h1-4,9-10H,5-8H2,(H,18,19,20,21,22). The molecule has 0 atom stereocenters. The lowest BCUT2D eigenvalue weighted by Crippen LogP contribution is -2.36. The number of halogens is 1. The molecule has 2 aromatic heterocycles. The van der Waals surface area contributed by atoms with Gasteiger partial charge >= 0.3 is 0 Å². The fourth-order valence-corrected chi connectivity index (χ4v) is 2.61. The monoisotopic (exact) mass is 326 g/mol. The first-order valence-corrected chi connectivity index (χ1v) is 7.63. The van der Waals surface area contributed by atoms with Gasteiger partial charge in [-0.3, -0.25) is 0 Å². The summed E-state index contributed by atoms with van der Waals surface area (Å²) in [5, 5.41) is 3.80. The van der Waals surface area contributed by atoms with Crippen LogP contribution in [0.3, 0.4) is 0 Å². The predicted molar refractivity (Wildman–Crippen MR) is 87.8 cm³/mol. The zero-order chi connectivity index (χ0) is 16.4. The molecule has 8 heteroatoms. The summed E-state index contributed by atoms with van der Waals surface area (Å²) >= 11 is 0. The van der Waals surface area contributed by atoms with E-state index in [0.29, 0.717) is 35.9 Å². The van der Waals surface area contributed by atoms with Crippen molar-refractivity contribution in [3.05, 3.63) is 42.6 Å². The molecule has 1 aliphatic heterocycles. The first-order valence-electron chi connectivity index (χ1n) is 7.63. The maximum absolute atomic E-state index is 13.3. The molecule has 7 nitrogen and oxygen atoms in total. The highest BCUT2D eigenvalue weighted by molar-refractivity contribution is 5.89. The Labute approximate surface area is 137 Å². The van der Waals surface area contributed by atoms with Crippen LogP contribution in [0.2, 0.25) is 0 Å². The largest absolute Gasteiger partial charge is 0.378 e. The van der Waals surface area contributed by atoms with E-state index in [0.717, 1.165) is 18.9 Å². The van der Waals surface area contributed by atoms with Gasteiger partial charge in [0, 0.05) is 30.7 Å². The van der Waals surface area contributed by atoms with Crippen molar-refractivity contribution in [3.8, 4) is 0 Å². The minimum absolute atomic E-state index is 0.335. The summed E-state index contributed by atoms with van der Waals surface area (Å²) in [6, 6.07) is 6.25. The van der Waals surface area contributed by atoms with Crippen LogP contribution in [-0.4, -0.2) is 46.2 Å². The van der Waals surface area contributed by atoms with Gasteiger partial charge < -0.3 is 15.0 Å². The maximum Gasteiger partial charge on any atom is 0.230 e. The van der Waals surface area contributed by atoms with Gasteiger partial charge in [0.25, 0.3) is 0 Å². The predicted octanol–water partition coefficient (Wildman–Crippen LogP) is 2.14. The van der Waals surface area contributed by atoms with Crippen LogP contribution in [0.15, 0.2) is 36.8 Å². The third kappa shape index (κ3) is 2.95. The number of hydrogen-bond donors (Lipinski definition) is 1. The second-order valence-corrected chi connectivity index (χ2v) is 5.35. The molecule has 0 amide bonds. The van der Waals surface area contributed by atoms with Gasteiger partial charge in [-0.2, -0.15) is 4.98 Å². The van der Waals surface area contributed by atoms with Crippen LogP contribution < -0.4 is 10.2 Å². The molecule has 122 valence electrons. The van der Waals surface area contributed by atoms with E-state index in [2.05, 4.69) is 30.2 Å². The molecule has 0 spiro atoms. The van der Waals surface area contributed by atoms with E-state index in [1.807, 2.05) is 6.07 Å². The lowest BCUT2D eigenvalue weighted by atomic mass is 10.2. The normalized spacial score (nSPS) is 14.8. The molecule has 1 fully saturated rings. The minimum Gasteiger partial charge on any atom is -0.378 e. The molecular weight excluding hydrogens is 311 g/mol. The Morgan fingerprint density at radius 2 is 1.96 bits per heavy atom. The zero-order valence-corrected chi connectivity index (χ0v) is 12.8. The molecule has 0 radical (unpaired) electrons. The topological polar surface area (TPSA) is 76.1 Å². The van der Waals surface area contributed by atoms with Crippen LogP contribution in [-0.2, 0) is 4.74 Å². The summed E-state index contributed by atoms with van der Waals surface area (Å²) < 4.78 is 18.7. The van der Waals surface area contributed by atoms with Gasteiger partial charge in [-0.25, -0.2) is 19.3 Å². The molecule has 0 unspecified atom stereocenters. The molecule has 1 aromatic carbocycles. The smallest absolute Gasteiger partial charge is 0.230 e. The summed E-state index contributed by atoms with van der Waals surface area (Å²) in [6.45, 7) is 2.97. The first kappa shape index (κ1) is 14.7. The molecule has 4 rings (SSSR count). The van der Waals surface area contributed by atoms with Gasteiger partial charge in [-0.1, -0.05) is 0 Å². The number of morpholine rings is 1. The molecule has 0 aliphatic carbocycles. The van der Waals surface area contributed by atoms with Crippen LogP contribution in [0.5, 0.6) is 0 Å². The van der Waals surface area contributed by atoms with Crippen molar-refractivity contribution in [2.75, 3.05) is 36.5 Å². The lowest BCUT2D eigenvalue weighted by Gasteiger charge is -2.27. The Morgan fingerprint density at radius 1 is 1.08 bits per heavy atom. The lowest BCUT2D eigenvalue weighted by molar-refractivity contribution is 0.122. The molecule has 1 N–H and O–H groups in total. The number of hydrogen-bond acceptors (Lipinski definition) is 7. The van der Waals surface area contributed by atoms with Gasteiger partial charge in [-0.15, -0.1) is 0 Å². The number of anilines is 3. The summed E-state index contributed by atoms with van der Waals surface area (Å²) in [7, 11) is 0. The fourth-order valence-electron chi connectivity index (χ4n) is 2.61. The number of fused-ring (bicyclic) bond motifs is 1. The quantitative estimate of drug-likeness (QED) is 0.790. The number of benzene rings is 1. The van der Waals surface area contributed by atoms with E-state index in [4.69, 9.17) is 4.74 Å². The highest BCUT2D eigenvalue weighted by Crippen LogP contribution is 2.23.